The van der Waals surface area contributed by atoms with Gasteiger partial charge in [-0.25, -0.2) is 0 Å². The highest BCUT2D eigenvalue weighted by molar-refractivity contribution is 6.31. The highest BCUT2D eigenvalue weighted by atomic mass is 35.5. The molecule has 0 fully saturated rings. The Labute approximate surface area is 112 Å². The van der Waals surface area contributed by atoms with Crippen molar-refractivity contribution in [2.24, 2.45) is 0 Å². The monoisotopic (exact) mass is 267 g/mol. The molecule has 18 heavy (non-hydrogen) atoms. The lowest BCUT2D eigenvalue weighted by molar-refractivity contribution is 0.424. The molecule has 1 N–H and O–H groups in total. The Morgan fingerprint density at radius 2 is 2.33 bits per heavy atom. The quantitative estimate of drug-likeness (QED) is 0.904. The summed E-state index contributed by atoms with van der Waals surface area (Å²) in [4.78, 5) is 0. The highest BCUT2D eigenvalue weighted by Gasteiger charge is 2.14. The van der Waals surface area contributed by atoms with Gasteiger partial charge in [0.05, 0.1) is 28.7 Å². The van der Waals surface area contributed by atoms with Crippen LogP contribution in [0.25, 0.3) is 0 Å². The molecule has 4 nitrogen and oxygen atoms in total. The molecule has 2 aromatic rings. The van der Waals surface area contributed by atoms with Gasteiger partial charge in [-0.2, -0.15) is 5.10 Å². The molecule has 0 radical (unpaired) electrons. The Kier molecular flexibility index (Phi) is 4.09. The van der Waals surface area contributed by atoms with Crippen LogP contribution in [0, 0.1) is 6.92 Å². The molecule has 0 bridgehead atoms. The second kappa shape index (κ2) is 5.59. The van der Waals surface area contributed by atoms with E-state index in [0.29, 0.717) is 6.54 Å². The standard InChI is InChI=1S/C13H18ClN3O/c1-4-17-11(13(14)10(3)16-17)8-15-9(2)12-6-5-7-18-12/h5-7,9,15H,4,8H2,1-3H3/t9-/m1/s1. The molecule has 0 saturated carbocycles. The molecule has 0 aliphatic rings. The predicted octanol–water partition coefficient (Wildman–Crippen LogP) is 3.31. The summed E-state index contributed by atoms with van der Waals surface area (Å²) in [5.41, 5.74) is 1.90. The average Bonchev–Trinajstić information content (AvgIpc) is 2.97. The van der Waals surface area contributed by atoms with Crippen molar-refractivity contribution in [3.63, 3.8) is 0 Å². The van der Waals surface area contributed by atoms with Crippen molar-refractivity contribution in [3.05, 3.63) is 40.6 Å². The summed E-state index contributed by atoms with van der Waals surface area (Å²) in [6.07, 6.45) is 1.68. The number of furan rings is 1. The van der Waals surface area contributed by atoms with E-state index in [0.717, 1.165) is 28.7 Å². The van der Waals surface area contributed by atoms with Crippen molar-refractivity contribution in [2.45, 2.75) is 39.9 Å². The molecule has 2 aromatic heterocycles. The van der Waals surface area contributed by atoms with Crippen molar-refractivity contribution in [1.29, 1.82) is 0 Å². The van der Waals surface area contributed by atoms with Crippen molar-refractivity contribution in [2.75, 3.05) is 0 Å². The third-order valence-electron chi connectivity index (χ3n) is 3.00. The van der Waals surface area contributed by atoms with Crippen LogP contribution in [0.15, 0.2) is 22.8 Å². The number of rotatable bonds is 5. The van der Waals surface area contributed by atoms with Crippen molar-refractivity contribution in [3.8, 4) is 0 Å². The van der Waals surface area contributed by atoms with E-state index in [1.54, 1.807) is 6.26 Å². The third kappa shape index (κ3) is 2.60. The molecule has 0 aliphatic heterocycles. The van der Waals surface area contributed by atoms with Crippen LogP contribution in [0.4, 0.5) is 0 Å². The fraction of sp³-hybridized carbons (Fsp3) is 0.462. The Balaban J connectivity index is 2.06. The second-order valence-electron chi connectivity index (χ2n) is 4.28. The molecule has 1 atom stereocenters. The van der Waals surface area contributed by atoms with Gasteiger partial charge < -0.3 is 9.73 Å². The topological polar surface area (TPSA) is 43.0 Å². The number of aromatic nitrogens is 2. The summed E-state index contributed by atoms with van der Waals surface area (Å²) >= 11 is 6.25. The van der Waals surface area contributed by atoms with Crippen LogP contribution in [-0.4, -0.2) is 9.78 Å². The molecule has 0 saturated heterocycles. The molecule has 98 valence electrons. The van der Waals surface area contributed by atoms with Crippen LogP contribution in [0.1, 0.15) is 37.0 Å². The number of halogens is 1. The van der Waals surface area contributed by atoms with Gasteiger partial charge in [-0.05, 0) is 32.9 Å². The zero-order valence-corrected chi connectivity index (χ0v) is 11.7. The van der Waals surface area contributed by atoms with Gasteiger partial charge >= 0.3 is 0 Å². The van der Waals surface area contributed by atoms with Gasteiger partial charge in [0.15, 0.2) is 0 Å². The fourth-order valence-corrected chi connectivity index (χ4v) is 2.13. The lowest BCUT2D eigenvalue weighted by Gasteiger charge is -2.12. The maximum atomic E-state index is 6.25. The van der Waals surface area contributed by atoms with Crippen LogP contribution < -0.4 is 5.32 Å². The van der Waals surface area contributed by atoms with Crippen LogP contribution in [0.5, 0.6) is 0 Å². The zero-order valence-electron chi connectivity index (χ0n) is 10.9. The van der Waals surface area contributed by atoms with Crippen molar-refractivity contribution in [1.82, 2.24) is 15.1 Å². The van der Waals surface area contributed by atoms with Crippen molar-refractivity contribution >= 4 is 11.6 Å². The van der Waals surface area contributed by atoms with E-state index < -0.39 is 0 Å². The highest BCUT2D eigenvalue weighted by Crippen LogP contribution is 2.21. The average molecular weight is 268 g/mol. The lowest BCUT2D eigenvalue weighted by Crippen LogP contribution is -2.20. The fourth-order valence-electron chi connectivity index (χ4n) is 1.93. The molecule has 2 heterocycles. The van der Waals surface area contributed by atoms with Gasteiger partial charge in [-0.1, -0.05) is 11.6 Å². The van der Waals surface area contributed by atoms with E-state index >= 15 is 0 Å². The predicted molar refractivity (Wildman–Crippen MR) is 71.6 cm³/mol. The van der Waals surface area contributed by atoms with E-state index in [-0.39, 0.29) is 6.04 Å². The third-order valence-corrected chi connectivity index (χ3v) is 3.49. The Morgan fingerprint density at radius 3 is 2.94 bits per heavy atom. The first-order valence-corrected chi connectivity index (χ1v) is 6.49. The van der Waals surface area contributed by atoms with Crippen molar-refractivity contribution < 1.29 is 4.42 Å². The minimum atomic E-state index is 0.150. The van der Waals surface area contributed by atoms with Gasteiger partial charge in [0.25, 0.3) is 0 Å². The molecular weight excluding hydrogens is 250 g/mol. The summed E-state index contributed by atoms with van der Waals surface area (Å²) in [6.45, 7) is 7.54. The number of nitrogens with one attached hydrogen (secondary N) is 1. The lowest BCUT2D eigenvalue weighted by atomic mass is 10.2. The van der Waals surface area contributed by atoms with Gasteiger partial charge in [-0.15, -0.1) is 0 Å². The number of nitrogens with zero attached hydrogens (tertiary/aromatic N) is 2. The first-order chi connectivity index (χ1) is 8.63. The smallest absolute Gasteiger partial charge is 0.120 e. The van der Waals surface area contributed by atoms with Gasteiger partial charge in [-0.3, -0.25) is 4.68 Å². The summed E-state index contributed by atoms with van der Waals surface area (Å²) in [6, 6.07) is 4.00. The molecule has 0 spiro atoms. The molecular formula is C13H18ClN3O. The Bertz CT molecular complexity index is 505. The van der Waals surface area contributed by atoms with Crippen LogP contribution in [0.2, 0.25) is 5.02 Å². The first-order valence-electron chi connectivity index (χ1n) is 6.12. The van der Waals surface area contributed by atoms with E-state index in [1.807, 2.05) is 23.7 Å². The number of hydrogen-bond acceptors (Lipinski definition) is 3. The van der Waals surface area contributed by atoms with E-state index in [2.05, 4.69) is 24.3 Å². The molecule has 0 unspecified atom stereocenters. The SMILES string of the molecule is CCn1nc(C)c(Cl)c1CN[C@H](C)c1ccco1. The molecule has 0 aliphatic carbocycles. The molecule has 2 rings (SSSR count). The zero-order chi connectivity index (χ0) is 13.1. The summed E-state index contributed by atoms with van der Waals surface area (Å²) in [7, 11) is 0. The van der Waals surface area contributed by atoms with Gasteiger partial charge in [0.1, 0.15) is 5.76 Å². The van der Waals surface area contributed by atoms with E-state index in [4.69, 9.17) is 16.0 Å². The summed E-state index contributed by atoms with van der Waals surface area (Å²) in [5, 5.41) is 8.53. The second-order valence-corrected chi connectivity index (χ2v) is 4.66. The van der Waals surface area contributed by atoms with Crippen LogP contribution in [0.3, 0.4) is 0 Å². The first kappa shape index (κ1) is 13.2. The Hall–Kier alpha value is -1.26. The van der Waals surface area contributed by atoms with Crippen LogP contribution in [-0.2, 0) is 13.1 Å². The summed E-state index contributed by atoms with van der Waals surface area (Å²) < 4.78 is 7.29. The maximum Gasteiger partial charge on any atom is 0.120 e. The normalized spacial score (nSPS) is 12.9. The number of hydrogen-bond donors (Lipinski definition) is 1. The molecule has 0 aromatic carbocycles. The summed E-state index contributed by atoms with van der Waals surface area (Å²) in [5.74, 6) is 0.922. The molecule has 5 heteroatoms. The van der Waals surface area contributed by atoms with Gasteiger partial charge in [0, 0.05) is 13.1 Å². The number of aryl methyl sites for hydroxylation is 2. The maximum absolute atomic E-state index is 6.25. The van der Waals surface area contributed by atoms with E-state index in [9.17, 15) is 0 Å². The minimum absolute atomic E-state index is 0.150. The van der Waals surface area contributed by atoms with E-state index in [1.165, 1.54) is 0 Å². The molecule has 0 amide bonds. The van der Waals surface area contributed by atoms with Gasteiger partial charge in [0.2, 0.25) is 0 Å². The minimum Gasteiger partial charge on any atom is -0.468 e. The largest absolute Gasteiger partial charge is 0.468 e. The van der Waals surface area contributed by atoms with Crippen LogP contribution >= 0.6 is 11.6 Å². The Morgan fingerprint density at radius 1 is 1.56 bits per heavy atom.